The lowest BCUT2D eigenvalue weighted by molar-refractivity contribution is 0.646. The molecule has 1 nitrogen and oxygen atoms in total. The smallest absolute Gasteiger partial charge is 0.112 e. The van der Waals surface area contributed by atoms with Gasteiger partial charge >= 0.3 is 0 Å². The molecule has 3 heteroatoms. The zero-order valence-corrected chi connectivity index (χ0v) is 12.6. The van der Waals surface area contributed by atoms with Gasteiger partial charge in [-0.25, -0.2) is 0 Å². The molecule has 2 aliphatic rings. The minimum Gasteiger partial charge on any atom is -0.178 e. The normalized spacial score (nSPS) is 58.4. The van der Waals surface area contributed by atoms with Gasteiger partial charge in [0.05, 0.1) is 22.6 Å². The molecule has 2 heterocycles. The molecule has 0 aromatic rings. The van der Waals surface area contributed by atoms with Gasteiger partial charge in [-0.1, -0.05) is 7.26 Å². The maximum atomic E-state index is 4.53. The minimum absolute atomic E-state index is 0.850. The Balaban J connectivity index is 1.98. The highest BCUT2D eigenvalue weighted by Crippen LogP contribution is 2.89. The van der Waals surface area contributed by atoms with E-state index >= 15 is 0 Å². The number of rotatable bonds is 3. The predicted molar refractivity (Wildman–Crippen MR) is 75.0 cm³/mol. The van der Waals surface area contributed by atoms with Gasteiger partial charge in [-0.2, -0.15) is 18.0 Å². The topological polar surface area (TPSA) is 3.24 Å². The molecule has 4 atom stereocenters. The molecule has 15 heavy (non-hydrogen) atoms. The summed E-state index contributed by atoms with van der Waals surface area (Å²) in [6, 6.07) is 0. The largest absolute Gasteiger partial charge is 0.178 e. The van der Waals surface area contributed by atoms with Crippen LogP contribution in [0.25, 0.3) is 0 Å². The van der Waals surface area contributed by atoms with Crippen LogP contribution in [0.3, 0.4) is 0 Å². The molecule has 0 amide bonds. The second kappa shape index (κ2) is 3.41. The minimum atomic E-state index is -0.977. The molecular weight excluding hydrogens is 220 g/mol. The van der Waals surface area contributed by atoms with Crippen LogP contribution in [0.5, 0.6) is 0 Å². The van der Waals surface area contributed by atoms with Gasteiger partial charge in [0.1, 0.15) is 6.29 Å². The molecule has 2 saturated heterocycles. The fourth-order valence-electron chi connectivity index (χ4n) is 2.96. The molecule has 0 aromatic heterocycles. The van der Waals surface area contributed by atoms with Crippen molar-refractivity contribution in [1.29, 1.82) is 0 Å². The summed E-state index contributed by atoms with van der Waals surface area (Å²) in [5, 5.41) is 0. The van der Waals surface area contributed by atoms with E-state index in [0.717, 1.165) is 22.6 Å². The first kappa shape index (κ1) is 12.3. The summed E-state index contributed by atoms with van der Waals surface area (Å²) in [7, 11) is 0.470. The molecule has 0 unspecified atom stereocenters. The zero-order valence-electron chi connectivity index (χ0n) is 10.8. The van der Waals surface area contributed by atoms with Crippen molar-refractivity contribution in [1.82, 2.24) is 4.67 Å². The van der Waals surface area contributed by atoms with E-state index in [4.69, 9.17) is 0 Å². The first-order valence-corrected chi connectivity index (χ1v) is 10.3. The van der Waals surface area contributed by atoms with Crippen LogP contribution in [-0.4, -0.2) is 40.6 Å². The Morgan fingerprint density at radius 1 is 0.933 bits per heavy atom. The maximum Gasteiger partial charge on any atom is 0.112 e. The van der Waals surface area contributed by atoms with Crippen LogP contribution < -0.4 is 0 Å². The highest BCUT2D eigenvalue weighted by Gasteiger charge is 2.66. The Kier molecular flexibility index (Phi) is 2.79. The summed E-state index contributed by atoms with van der Waals surface area (Å²) in [5.74, 6) is 0. The van der Waals surface area contributed by atoms with E-state index in [1.807, 2.05) is 0 Å². The van der Waals surface area contributed by atoms with Gasteiger partial charge in [0.2, 0.25) is 0 Å². The van der Waals surface area contributed by atoms with E-state index in [2.05, 4.69) is 52.7 Å². The maximum absolute atomic E-state index is 4.53. The zero-order chi connectivity index (χ0) is 11.6. The highest BCUT2D eigenvalue weighted by atomic mass is 31.2. The highest BCUT2D eigenvalue weighted by molar-refractivity contribution is 7.87. The van der Waals surface area contributed by atoms with Crippen LogP contribution in [0.2, 0.25) is 0 Å². The molecule has 0 spiro atoms. The van der Waals surface area contributed by atoms with Crippen molar-refractivity contribution in [2.24, 2.45) is 0 Å². The Labute approximate surface area is 96.7 Å². The predicted octanol–water partition coefficient (Wildman–Crippen LogP) is 3.99. The molecular formula is C12H25NP2. The van der Waals surface area contributed by atoms with Crippen LogP contribution in [0.4, 0.5) is 0 Å². The third-order valence-electron chi connectivity index (χ3n) is 5.35. The number of nitrogens with zero attached hydrogens (tertiary/aromatic N) is 1. The standard InChI is InChI=1S/C12H25NP2/c1-9-10(2)14(9,6)8-13(5)15(7)11(3)12(15)4/h9-12H,6-8H2,1-5H3/t9-,10-,11-,12-/m0/s1. The van der Waals surface area contributed by atoms with Crippen molar-refractivity contribution in [2.75, 3.05) is 13.3 Å². The quantitative estimate of drug-likeness (QED) is 0.537. The van der Waals surface area contributed by atoms with Gasteiger partial charge in [-0.15, -0.1) is 0 Å². The second-order valence-electron chi connectivity index (χ2n) is 5.75. The van der Waals surface area contributed by atoms with E-state index in [9.17, 15) is 0 Å². The molecule has 0 radical (unpaired) electrons. The fourth-order valence-corrected chi connectivity index (χ4v) is 11.3. The van der Waals surface area contributed by atoms with Crippen molar-refractivity contribution in [2.45, 2.75) is 50.3 Å². The van der Waals surface area contributed by atoms with Gasteiger partial charge in [0.25, 0.3) is 0 Å². The molecule has 0 saturated carbocycles. The average molecular weight is 245 g/mol. The summed E-state index contributed by atoms with van der Waals surface area (Å²) in [6.07, 6.45) is 1.27. The van der Waals surface area contributed by atoms with Crippen LogP contribution in [0.15, 0.2) is 0 Å². The third kappa shape index (κ3) is 1.54. The summed E-state index contributed by atoms with van der Waals surface area (Å²) in [4.78, 5) is 0. The molecule has 2 aliphatic heterocycles. The Hall–Kier alpha value is 0.820. The van der Waals surface area contributed by atoms with Crippen molar-refractivity contribution in [3.63, 3.8) is 0 Å². The molecule has 0 aliphatic carbocycles. The lowest BCUT2D eigenvalue weighted by Gasteiger charge is -2.27. The lowest BCUT2D eigenvalue weighted by atomic mass is 10.4. The van der Waals surface area contributed by atoms with Crippen LogP contribution in [0.1, 0.15) is 27.7 Å². The first-order valence-electron chi connectivity index (χ1n) is 5.92. The Morgan fingerprint density at radius 3 is 1.60 bits per heavy atom. The molecule has 2 fully saturated rings. The fraction of sp³-hybridized carbons (Fsp3) is 0.833. The van der Waals surface area contributed by atoms with Gasteiger partial charge < -0.3 is 0 Å². The average Bonchev–Trinajstić information content (AvgIpc) is 2.85. The molecule has 88 valence electrons. The van der Waals surface area contributed by atoms with Crippen LogP contribution in [-0.2, 0) is 0 Å². The van der Waals surface area contributed by atoms with E-state index in [-0.39, 0.29) is 0 Å². The number of hydrogen-bond donors (Lipinski definition) is 0. The summed E-state index contributed by atoms with van der Waals surface area (Å²) in [5.41, 5.74) is 3.52. The third-order valence-corrected chi connectivity index (χ3v) is 15.1. The lowest BCUT2D eigenvalue weighted by Crippen LogP contribution is -2.14. The first-order chi connectivity index (χ1) is 6.76. The van der Waals surface area contributed by atoms with Gasteiger partial charge in [-0.3, -0.25) is 0 Å². The van der Waals surface area contributed by atoms with E-state index in [0.29, 0.717) is 0 Å². The Morgan fingerprint density at radius 2 is 1.33 bits per heavy atom. The van der Waals surface area contributed by atoms with E-state index < -0.39 is 14.7 Å². The number of hydrogen-bond acceptors (Lipinski definition) is 1. The second-order valence-corrected chi connectivity index (χ2v) is 14.0. The summed E-state index contributed by atoms with van der Waals surface area (Å²) < 4.78 is 2.61. The summed E-state index contributed by atoms with van der Waals surface area (Å²) in [6.45, 7) is 18.6. The van der Waals surface area contributed by atoms with Crippen molar-refractivity contribution in [3.8, 4) is 0 Å². The molecule has 0 bridgehead atoms. The molecule has 0 aromatic carbocycles. The van der Waals surface area contributed by atoms with Gasteiger partial charge in [0.15, 0.2) is 0 Å². The van der Waals surface area contributed by atoms with Crippen molar-refractivity contribution >= 4 is 14.7 Å². The van der Waals surface area contributed by atoms with Gasteiger partial charge in [-0.05, 0) is 35.1 Å². The SMILES string of the molecule is [CH2-][P+]1(CN(C)[P+]2([CH2-])[C@@H](C)[C@@H]2C)[C@@H](C)[C@@H]1C. The van der Waals surface area contributed by atoms with Gasteiger partial charge in [0, 0.05) is 7.05 Å². The monoisotopic (exact) mass is 245 g/mol. The van der Waals surface area contributed by atoms with Crippen molar-refractivity contribution < 1.29 is 0 Å². The molecule has 2 rings (SSSR count). The summed E-state index contributed by atoms with van der Waals surface area (Å²) >= 11 is 0. The van der Waals surface area contributed by atoms with Crippen LogP contribution in [0, 0.1) is 13.3 Å². The van der Waals surface area contributed by atoms with Crippen LogP contribution >= 0.6 is 14.7 Å². The van der Waals surface area contributed by atoms with E-state index in [1.54, 1.807) is 0 Å². The molecule has 0 N–H and O–H groups in total. The van der Waals surface area contributed by atoms with E-state index in [1.165, 1.54) is 6.29 Å². The van der Waals surface area contributed by atoms with Crippen molar-refractivity contribution in [3.05, 3.63) is 13.3 Å². The Bertz CT molecular complexity index is 263.